The maximum atomic E-state index is 12.8. The van der Waals surface area contributed by atoms with Gasteiger partial charge in [-0.25, -0.2) is 8.42 Å². The molecule has 4 rings (SSSR count). The molecule has 0 saturated carbocycles. The van der Waals surface area contributed by atoms with Crippen LogP contribution in [0.15, 0.2) is 72.8 Å². The molecule has 180 valence electrons. The highest BCUT2D eigenvalue weighted by Gasteiger charge is 2.19. The number of aryl methyl sites for hydroxylation is 1. The van der Waals surface area contributed by atoms with E-state index in [0.29, 0.717) is 21.9 Å². The molecule has 2 N–H and O–H groups in total. The van der Waals surface area contributed by atoms with Crippen molar-refractivity contribution in [3.05, 3.63) is 88.8 Å². The average Bonchev–Trinajstić information content (AvgIpc) is 3.22. The van der Waals surface area contributed by atoms with Crippen molar-refractivity contribution in [1.29, 1.82) is 0 Å². The Balaban J connectivity index is 1.56. The number of benzene rings is 3. The summed E-state index contributed by atoms with van der Waals surface area (Å²) in [5, 5.41) is 6.32. The predicted molar refractivity (Wildman–Crippen MR) is 143 cm³/mol. The number of anilines is 3. The lowest BCUT2D eigenvalue weighted by molar-refractivity contribution is -0.114. The molecule has 0 aliphatic rings. The summed E-state index contributed by atoms with van der Waals surface area (Å²) in [6, 6.07) is 21.7. The van der Waals surface area contributed by atoms with Crippen LogP contribution in [0, 0.1) is 6.92 Å². The molecular formula is C26H25N3O4S2. The Morgan fingerprint density at radius 1 is 0.886 bits per heavy atom. The number of nitrogens with one attached hydrogen (secondary N) is 2. The molecule has 9 heteroatoms. The SMILES string of the molecule is CC(=O)Nc1ccc(NC(=O)c2cc3cc(N(Cc4ccc(C)cc4)S(C)(=O)=O)ccc3s2)cc1. The van der Waals surface area contributed by atoms with Gasteiger partial charge < -0.3 is 10.6 Å². The Morgan fingerprint density at radius 2 is 1.51 bits per heavy atom. The van der Waals surface area contributed by atoms with Gasteiger partial charge in [0.1, 0.15) is 0 Å². The second kappa shape index (κ2) is 9.89. The minimum Gasteiger partial charge on any atom is -0.326 e. The maximum absolute atomic E-state index is 12.8. The van der Waals surface area contributed by atoms with Gasteiger partial charge >= 0.3 is 0 Å². The normalized spacial score (nSPS) is 11.3. The van der Waals surface area contributed by atoms with Crippen molar-refractivity contribution < 1.29 is 18.0 Å². The lowest BCUT2D eigenvalue weighted by Gasteiger charge is -2.22. The minimum atomic E-state index is -3.53. The number of hydrogen-bond acceptors (Lipinski definition) is 5. The number of amides is 2. The van der Waals surface area contributed by atoms with Gasteiger partial charge in [-0.1, -0.05) is 29.8 Å². The molecule has 35 heavy (non-hydrogen) atoms. The Morgan fingerprint density at radius 3 is 2.11 bits per heavy atom. The first-order valence-corrected chi connectivity index (χ1v) is 13.5. The number of hydrogen-bond donors (Lipinski definition) is 2. The Labute approximate surface area is 208 Å². The van der Waals surface area contributed by atoms with Gasteiger partial charge in [0, 0.05) is 23.0 Å². The third-order valence-electron chi connectivity index (χ3n) is 5.32. The van der Waals surface area contributed by atoms with Gasteiger partial charge in [0.25, 0.3) is 5.91 Å². The van der Waals surface area contributed by atoms with Gasteiger partial charge in [-0.3, -0.25) is 13.9 Å². The number of nitrogens with zero attached hydrogens (tertiary/aromatic N) is 1. The largest absolute Gasteiger partial charge is 0.326 e. The fraction of sp³-hybridized carbons (Fsp3) is 0.154. The molecule has 2 amide bonds. The molecule has 0 spiro atoms. The van der Waals surface area contributed by atoms with Crippen LogP contribution in [-0.4, -0.2) is 26.5 Å². The first-order chi connectivity index (χ1) is 16.6. The molecule has 1 aromatic heterocycles. The van der Waals surface area contributed by atoms with Crippen LogP contribution >= 0.6 is 11.3 Å². The molecule has 4 aromatic rings. The minimum absolute atomic E-state index is 0.167. The summed E-state index contributed by atoms with van der Waals surface area (Å²) in [6.45, 7) is 3.63. The molecule has 0 fully saturated rings. The molecule has 7 nitrogen and oxygen atoms in total. The van der Waals surface area contributed by atoms with E-state index in [2.05, 4.69) is 10.6 Å². The van der Waals surface area contributed by atoms with Gasteiger partial charge in [0.05, 0.1) is 23.4 Å². The summed E-state index contributed by atoms with van der Waals surface area (Å²) in [5.41, 5.74) is 3.78. The summed E-state index contributed by atoms with van der Waals surface area (Å²) < 4.78 is 27.4. The Kier molecular flexibility index (Phi) is 6.90. The second-order valence-electron chi connectivity index (χ2n) is 8.30. The van der Waals surface area contributed by atoms with Crippen LogP contribution in [0.2, 0.25) is 0 Å². The van der Waals surface area contributed by atoms with Crippen LogP contribution in [0.5, 0.6) is 0 Å². The van der Waals surface area contributed by atoms with Crippen molar-refractivity contribution in [3.63, 3.8) is 0 Å². The number of carbonyl (C=O) groups excluding carboxylic acids is 2. The van der Waals surface area contributed by atoms with Gasteiger partial charge in [-0.15, -0.1) is 11.3 Å². The molecule has 0 saturated heterocycles. The van der Waals surface area contributed by atoms with Gasteiger partial charge in [0.2, 0.25) is 15.9 Å². The van der Waals surface area contributed by atoms with Gasteiger partial charge in [-0.2, -0.15) is 0 Å². The van der Waals surface area contributed by atoms with Crippen molar-refractivity contribution in [2.45, 2.75) is 20.4 Å². The third kappa shape index (κ3) is 6.06. The zero-order valence-corrected chi connectivity index (χ0v) is 21.2. The van der Waals surface area contributed by atoms with Crippen molar-refractivity contribution in [2.24, 2.45) is 0 Å². The fourth-order valence-electron chi connectivity index (χ4n) is 3.59. The van der Waals surface area contributed by atoms with Crippen LogP contribution in [0.1, 0.15) is 27.7 Å². The van der Waals surface area contributed by atoms with E-state index in [1.807, 2.05) is 37.3 Å². The summed E-state index contributed by atoms with van der Waals surface area (Å²) in [7, 11) is -3.53. The fourth-order valence-corrected chi connectivity index (χ4v) is 5.41. The Hall–Kier alpha value is -3.69. The van der Waals surface area contributed by atoms with Crippen molar-refractivity contribution in [2.75, 3.05) is 21.2 Å². The van der Waals surface area contributed by atoms with Crippen LogP contribution in [0.3, 0.4) is 0 Å². The van der Waals surface area contributed by atoms with E-state index in [1.54, 1.807) is 42.5 Å². The quantitative estimate of drug-likeness (QED) is 0.351. The lowest BCUT2D eigenvalue weighted by atomic mass is 10.1. The molecule has 0 aliphatic carbocycles. The number of sulfonamides is 1. The summed E-state index contributed by atoms with van der Waals surface area (Å²) in [5.74, 6) is -0.431. The van der Waals surface area contributed by atoms with Crippen LogP contribution in [-0.2, 0) is 21.4 Å². The van der Waals surface area contributed by atoms with Gasteiger partial charge in [0.15, 0.2) is 0 Å². The summed E-state index contributed by atoms with van der Waals surface area (Å²) in [4.78, 5) is 24.5. The molecular weight excluding hydrogens is 482 g/mol. The smallest absolute Gasteiger partial charge is 0.265 e. The van der Waals surface area contributed by atoms with Crippen LogP contribution in [0.4, 0.5) is 17.1 Å². The van der Waals surface area contributed by atoms with Crippen LogP contribution < -0.4 is 14.9 Å². The van der Waals surface area contributed by atoms with E-state index in [9.17, 15) is 18.0 Å². The zero-order chi connectivity index (χ0) is 25.2. The number of rotatable bonds is 7. The number of fused-ring (bicyclic) bond motifs is 1. The monoisotopic (exact) mass is 507 g/mol. The Bertz CT molecular complexity index is 1490. The molecule has 3 aromatic carbocycles. The highest BCUT2D eigenvalue weighted by Crippen LogP contribution is 2.31. The molecule has 0 aliphatic heterocycles. The predicted octanol–water partition coefficient (Wildman–Crippen LogP) is 5.39. The lowest BCUT2D eigenvalue weighted by Crippen LogP contribution is -2.29. The van der Waals surface area contributed by atoms with Crippen molar-refractivity contribution in [3.8, 4) is 0 Å². The topological polar surface area (TPSA) is 95.6 Å². The number of carbonyl (C=O) groups is 2. The first kappa shape index (κ1) is 24.4. The van der Waals surface area contributed by atoms with E-state index in [-0.39, 0.29) is 18.4 Å². The highest BCUT2D eigenvalue weighted by atomic mass is 32.2. The molecule has 0 radical (unpaired) electrons. The van der Waals surface area contributed by atoms with E-state index in [1.165, 1.54) is 28.8 Å². The second-order valence-corrected chi connectivity index (χ2v) is 11.3. The molecule has 1 heterocycles. The molecule has 0 bridgehead atoms. The highest BCUT2D eigenvalue weighted by molar-refractivity contribution is 7.92. The van der Waals surface area contributed by atoms with Crippen LogP contribution in [0.25, 0.3) is 10.1 Å². The molecule has 0 unspecified atom stereocenters. The van der Waals surface area contributed by atoms with E-state index < -0.39 is 10.0 Å². The summed E-state index contributed by atoms with van der Waals surface area (Å²) >= 11 is 1.33. The third-order valence-corrected chi connectivity index (χ3v) is 7.58. The average molecular weight is 508 g/mol. The maximum Gasteiger partial charge on any atom is 0.265 e. The standard InChI is InChI=1S/C26H25N3O4S2/c1-17-4-6-19(7-5-17)16-29(35(3,32)33)23-12-13-24-20(14-23)15-25(34-24)26(31)28-22-10-8-21(9-11-22)27-18(2)30/h4-15H,16H2,1-3H3,(H,27,30)(H,28,31). The van der Waals surface area contributed by atoms with E-state index in [4.69, 9.17) is 0 Å². The molecule has 0 atom stereocenters. The van der Waals surface area contributed by atoms with Crippen molar-refractivity contribution >= 4 is 60.3 Å². The van der Waals surface area contributed by atoms with Crippen molar-refractivity contribution in [1.82, 2.24) is 0 Å². The van der Waals surface area contributed by atoms with Gasteiger partial charge in [-0.05, 0) is 66.4 Å². The van der Waals surface area contributed by atoms with E-state index in [0.717, 1.165) is 21.2 Å². The zero-order valence-electron chi connectivity index (χ0n) is 19.5. The summed E-state index contributed by atoms with van der Waals surface area (Å²) in [6.07, 6.45) is 1.19. The number of thiophene rings is 1. The first-order valence-electron chi connectivity index (χ1n) is 10.8. The van der Waals surface area contributed by atoms with E-state index >= 15 is 0 Å².